The minimum Gasteiger partial charge on any atom is -0.494 e. The molecule has 2 aromatic rings. The number of hydrogen-bond acceptors (Lipinski definition) is 4. The first kappa shape index (κ1) is 16.1. The number of nitrogens with one attached hydrogen (secondary N) is 2. The van der Waals surface area contributed by atoms with Gasteiger partial charge in [0.25, 0.3) is 0 Å². The van der Waals surface area contributed by atoms with Crippen molar-refractivity contribution in [2.45, 2.75) is 19.0 Å². The SMILES string of the molecule is COc1cc(C(F)(F)F)ncc1NC(=O)N1CCCc2[nH]ncc21. The largest absolute Gasteiger partial charge is 0.494 e. The van der Waals surface area contributed by atoms with Gasteiger partial charge in [0.15, 0.2) is 0 Å². The predicted octanol–water partition coefficient (Wildman–Crippen LogP) is 2.82. The zero-order valence-corrected chi connectivity index (χ0v) is 12.6. The van der Waals surface area contributed by atoms with Crippen LogP contribution in [0, 0.1) is 0 Å². The lowest BCUT2D eigenvalue weighted by atomic mass is 10.1. The number of anilines is 2. The monoisotopic (exact) mass is 341 g/mol. The van der Waals surface area contributed by atoms with Crippen molar-refractivity contribution < 1.29 is 22.7 Å². The molecular formula is C14H14F3N5O2. The van der Waals surface area contributed by atoms with Crippen LogP contribution in [0.15, 0.2) is 18.5 Å². The molecule has 1 aliphatic heterocycles. The molecule has 0 aliphatic carbocycles. The van der Waals surface area contributed by atoms with Crippen LogP contribution in [0.4, 0.5) is 29.3 Å². The smallest absolute Gasteiger partial charge is 0.433 e. The highest BCUT2D eigenvalue weighted by Gasteiger charge is 2.33. The maximum atomic E-state index is 12.7. The van der Waals surface area contributed by atoms with E-state index in [1.54, 1.807) is 0 Å². The standard InChI is InChI=1S/C14H14F3N5O2/c1-24-11-5-12(14(15,16)17)18-6-9(11)20-13(23)22-4-2-3-8-10(22)7-19-21-8/h5-7H,2-4H2,1H3,(H,19,21)(H,20,23). The Hall–Kier alpha value is -2.78. The van der Waals surface area contributed by atoms with Crippen LogP contribution >= 0.6 is 0 Å². The predicted molar refractivity (Wildman–Crippen MR) is 79.1 cm³/mol. The fraction of sp³-hybridized carbons (Fsp3) is 0.357. The van der Waals surface area contributed by atoms with Crippen LogP contribution in [-0.2, 0) is 12.6 Å². The average Bonchev–Trinajstić information content (AvgIpc) is 3.02. The minimum atomic E-state index is -4.59. The quantitative estimate of drug-likeness (QED) is 0.880. The maximum Gasteiger partial charge on any atom is 0.433 e. The summed E-state index contributed by atoms with van der Waals surface area (Å²) in [5.74, 6) is -0.116. The number of aromatic nitrogens is 3. The Morgan fingerprint density at radius 1 is 1.42 bits per heavy atom. The van der Waals surface area contributed by atoms with Gasteiger partial charge in [-0.1, -0.05) is 0 Å². The highest BCUT2D eigenvalue weighted by molar-refractivity contribution is 6.03. The molecule has 2 N–H and O–H groups in total. The molecule has 0 spiro atoms. The van der Waals surface area contributed by atoms with E-state index >= 15 is 0 Å². The van der Waals surface area contributed by atoms with E-state index in [0.29, 0.717) is 12.2 Å². The molecule has 0 unspecified atom stereocenters. The molecule has 128 valence electrons. The number of aryl methyl sites for hydroxylation is 1. The Morgan fingerprint density at radius 2 is 2.21 bits per heavy atom. The summed E-state index contributed by atoms with van der Waals surface area (Å²) in [6.45, 7) is 0.481. The number of halogens is 3. The molecular weight excluding hydrogens is 327 g/mol. The Morgan fingerprint density at radius 3 is 2.92 bits per heavy atom. The van der Waals surface area contributed by atoms with Crippen LogP contribution in [0.25, 0.3) is 0 Å². The molecule has 0 saturated heterocycles. The normalized spacial score (nSPS) is 14.2. The summed E-state index contributed by atoms with van der Waals surface area (Å²) < 4.78 is 43.0. The van der Waals surface area contributed by atoms with Crippen LogP contribution in [-0.4, -0.2) is 34.9 Å². The number of ether oxygens (including phenoxy) is 1. The van der Waals surface area contributed by atoms with Gasteiger partial charge in [-0.2, -0.15) is 18.3 Å². The van der Waals surface area contributed by atoms with Crippen LogP contribution in [0.5, 0.6) is 5.75 Å². The fourth-order valence-corrected chi connectivity index (χ4v) is 2.51. The summed E-state index contributed by atoms with van der Waals surface area (Å²) in [4.78, 5) is 17.3. The van der Waals surface area contributed by atoms with Crippen molar-refractivity contribution in [2.75, 3.05) is 23.9 Å². The van der Waals surface area contributed by atoms with E-state index in [9.17, 15) is 18.0 Å². The molecule has 0 bridgehead atoms. The van der Waals surface area contributed by atoms with Crippen LogP contribution in [0.1, 0.15) is 17.8 Å². The number of pyridine rings is 1. The first-order valence-electron chi connectivity index (χ1n) is 7.12. The average molecular weight is 341 g/mol. The van der Waals surface area contributed by atoms with E-state index in [1.165, 1.54) is 18.2 Å². The van der Waals surface area contributed by atoms with E-state index in [4.69, 9.17) is 4.74 Å². The van der Waals surface area contributed by atoms with Gasteiger partial charge in [0, 0.05) is 12.6 Å². The summed E-state index contributed by atoms with van der Waals surface area (Å²) in [5, 5.41) is 9.26. The van der Waals surface area contributed by atoms with E-state index in [0.717, 1.165) is 30.8 Å². The van der Waals surface area contributed by atoms with Gasteiger partial charge in [-0.3, -0.25) is 10.00 Å². The fourth-order valence-electron chi connectivity index (χ4n) is 2.51. The number of nitrogens with zero attached hydrogens (tertiary/aromatic N) is 3. The van der Waals surface area contributed by atoms with Crippen molar-refractivity contribution in [3.63, 3.8) is 0 Å². The molecule has 0 atom stereocenters. The van der Waals surface area contributed by atoms with Gasteiger partial charge >= 0.3 is 12.2 Å². The Balaban J connectivity index is 1.83. The minimum absolute atomic E-state index is 0.0612. The third-order valence-corrected chi connectivity index (χ3v) is 3.66. The molecule has 2 aromatic heterocycles. The van der Waals surface area contributed by atoms with Crippen LogP contribution in [0.2, 0.25) is 0 Å². The molecule has 24 heavy (non-hydrogen) atoms. The van der Waals surface area contributed by atoms with Crippen molar-refractivity contribution in [1.82, 2.24) is 15.2 Å². The lowest BCUT2D eigenvalue weighted by Gasteiger charge is -2.26. The lowest BCUT2D eigenvalue weighted by molar-refractivity contribution is -0.141. The summed E-state index contributed by atoms with van der Waals surface area (Å²) in [7, 11) is 1.22. The molecule has 0 saturated carbocycles. The Labute approximate surface area is 134 Å². The van der Waals surface area contributed by atoms with Gasteiger partial charge in [-0.25, -0.2) is 9.78 Å². The second kappa shape index (κ2) is 6.02. The number of aromatic amines is 1. The summed E-state index contributed by atoms with van der Waals surface area (Å²) in [6.07, 6.45) is -0.584. The lowest BCUT2D eigenvalue weighted by Crippen LogP contribution is -2.38. The van der Waals surface area contributed by atoms with Gasteiger partial charge in [0.2, 0.25) is 0 Å². The number of rotatable bonds is 2. The molecule has 0 fully saturated rings. The number of alkyl halides is 3. The van der Waals surface area contributed by atoms with Crippen molar-refractivity contribution in [2.24, 2.45) is 0 Å². The van der Waals surface area contributed by atoms with Gasteiger partial charge in [-0.05, 0) is 12.8 Å². The summed E-state index contributed by atoms with van der Waals surface area (Å²) in [6, 6.07) is 0.256. The molecule has 3 rings (SSSR count). The third-order valence-electron chi connectivity index (χ3n) is 3.66. The number of H-pyrrole nitrogens is 1. The first-order chi connectivity index (χ1) is 11.4. The molecule has 0 aromatic carbocycles. The molecule has 3 heterocycles. The maximum absolute atomic E-state index is 12.7. The number of hydrogen-bond donors (Lipinski definition) is 2. The first-order valence-corrected chi connectivity index (χ1v) is 7.12. The number of carbonyl (C=O) groups excluding carboxylic acids is 1. The van der Waals surface area contributed by atoms with Gasteiger partial charge in [0.1, 0.15) is 17.1 Å². The van der Waals surface area contributed by atoms with Crippen molar-refractivity contribution in [1.29, 1.82) is 0 Å². The van der Waals surface area contributed by atoms with Crippen molar-refractivity contribution >= 4 is 17.4 Å². The summed E-state index contributed by atoms with van der Waals surface area (Å²) >= 11 is 0. The van der Waals surface area contributed by atoms with Gasteiger partial charge < -0.3 is 10.1 Å². The number of fused-ring (bicyclic) bond motifs is 1. The molecule has 2 amide bonds. The van der Waals surface area contributed by atoms with Crippen LogP contribution in [0.3, 0.4) is 0 Å². The van der Waals surface area contributed by atoms with Crippen molar-refractivity contribution in [3.05, 3.63) is 29.8 Å². The zero-order valence-electron chi connectivity index (χ0n) is 12.6. The van der Waals surface area contributed by atoms with Gasteiger partial charge in [0.05, 0.1) is 30.9 Å². The zero-order chi connectivity index (χ0) is 17.3. The Kier molecular flexibility index (Phi) is 4.04. The molecule has 0 radical (unpaired) electrons. The second-order valence-corrected chi connectivity index (χ2v) is 5.19. The number of urea groups is 1. The van der Waals surface area contributed by atoms with E-state index in [1.807, 2.05) is 0 Å². The second-order valence-electron chi connectivity index (χ2n) is 5.19. The van der Waals surface area contributed by atoms with Gasteiger partial charge in [-0.15, -0.1) is 0 Å². The van der Waals surface area contributed by atoms with Crippen LogP contribution < -0.4 is 15.0 Å². The summed E-state index contributed by atoms with van der Waals surface area (Å²) in [5.41, 5.74) is 0.463. The molecule has 1 aliphatic rings. The number of methoxy groups -OCH3 is 1. The number of carbonyl (C=O) groups is 1. The third kappa shape index (κ3) is 2.99. The highest BCUT2D eigenvalue weighted by atomic mass is 19.4. The van der Waals surface area contributed by atoms with E-state index in [-0.39, 0.29) is 11.4 Å². The van der Waals surface area contributed by atoms with E-state index in [2.05, 4.69) is 20.5 Å². The molecule has 7 nitrogen and oxygen atoms in total. The van der Waals surface area contributed by atoms with Crippen molar-refractivity contribution in [3.8, 4) is 5.75 Å². The highest BCUT2D eigenvalue weighted by Crippen LogP contribution is 2.33. The molecule has 10 heteroatoms. The topological polar surface area (TPSA) is 83.1 Å². The Bertz CT molecular complexity index is 759. The van der Waals surface area contributed by atoms with E-state index < -0.39 is 17.9 Å². The number of amides is 2.